The van der Waals surface area contributed by atoms with Crippen molar-refractivity contribution in [2.24, 2.45) is 11.8 Å². The minimum atomic E-state index is -0.965. The van der Waals surface area contributed by atoms with Crippen molar-refractivity contribution in [1.82, 2.24) is 10.2 Å². The smallest absolute Gasteiger partial charge is 0.253 e. The van der Waals surface area contributed by atoms with Crippen LogP contribution in [0.2, 0.25) is 0 Å². The fourth-order valence-corrected chi connectivity index (χ4v) is 2.61. The largest absolute Gasteiger partial charge is 0.337 e. The van der Waals surface area contributed by atoms with Crippen LogP contribution in [0.1, 0.15) is 33.3 Å². The van der Waals surface area contributed by atoms with Gasteiger partial charge in [-0.3, -0.25) is 9.59 Å². The second kappa shape index (κ2) is 5.88. The molecule has 0 saturated carbocycles. The second-order valence-electron chi connectivity index (χ2n) is 6.45. The highest BCUT2D eigenvalue weighted by atomic mass is 16.2. The molecule has 2 amide bonds. The first kappa shape index (κ1) is 15.5. The van der Waals surface area contributed by atoms with E-state index in [0.717, 1.165) is 5.56 Å². The summed E-state index contributed by atoms with van der Waals surface area (Å²) in [5, 5.41) is 2.86. The fourth-order valence-electron chi connectivity index (χ4n) is 2.61. The van der Waals surface area contributed by atoms with E-state index in [2.05, 4.69) is 26.1 Å². The van der Waals surface area contributed by atoms with Gasteiger partial charge in [0.05, 0.1) is 6.54 Å². The molecule has 0 aliphatic carbocycles. The number of nitrogens with one attached hydrogen (secondary N) is 1. The van der Waals surface area contributed by atoms with Crippen LogP contribution in [-0.4, -0.2) is 29.8 Å². The molecule has 2 rings (SSSR count). The second-order valence-corrected chi connectivity index (χ2v) is 6.45. The van der Waals surface area contributed by atoms with Crippen LogP contribution in [-0.2, 0) is 15.1 Å². The van der Waals surface area contributed by atoms with Crippen LogP contribution in [0.5, 0.6) is 0 Å². The molecule has 1 saturated heterocycles. The molecule has 2 unspecified atom stereocenters. The van der Waals surface area contributed by atoms with Gasteiger partial charge in [-0.25, -0.2) is 0 Å². The Balaban J connectivity index is 2.27. The van der Waals surface area contributed by atoms with Crippen LogP contribution < -0.4 is 5.32 Å². The van der Waals surface area contributed by atoms with Crippen molar-refractivity contribution in [3.63, 3.8) is 0 Å². The third-order valence-corrected chi connectivity index (χ3v) is 4.44. The third kappa shape index (κ3) is 3.09. The molecule has 1 fully saturated rings. The SMILES string of the molecule is CC(C)C(C)CN1CC(=O)NC(C)(c2ccccc2)C1=O. The number of nitrogens with zero attached hydrogens (tertiary/aromatic N) is 1. The standard InChI is InChI=1S/C17H24N2O2/c1-12(2)13(3)10-19-11-15(20)18-17(4,16(19)21)14-8-6-5-7-9-14/h5-9,12-13H,10-11H2,1-4H3,(H,18,20). The number of rotatable bonds is 4. The van der Waals surface area contributed by atoms with E-state index in [1.807, 2.05) is 30.3 Å². The predicted molar refractivity (Wildman–Crippen MR) is 82.5 cm³/mol. The first-order chi connectivity index (χ1) is 9.84. The van der Waals surface area contributed by atoms with Crippen molar-refractivity contribution < 1.29 is 9.59 Å². The van der Waals surface area contributed by atoms with E-state index in [1.165, 1.54) is 0 Å². The van der Waals surface area contributed by atoms with Crippen molar-refractivity contribution in [2.75, 3.05) is 13.1 Å². The van der Waals surface area contributed by atoms with Gasteiger partial charge in [0.1, 0.15) is 5.54 Å². The van der Waals surface area contributed by atoms with Crippen LogP contribution in [0.3, 0.4) is 0 Å². The third-order valence-electron chi connectivity index (χ3n) is 4.44. The number of carbonyl (C=O) groups is 2. The summed E-state index contributed by atoms with van der Waals surface area (Å²) in [7, 11) is 0. The molecule has 0 spiro atoms. The molecule has 0 radical (unpaired) electrons. The zero-order valence-electron chi connectivity index (χ0n) is 13.2. The molecule has 2 atom stereocenters. The van der Waals surface area contributed by atoms with Crippen molar-refractivity contribution in [3.8, 4) is 0 Å². The van der Waals surface area contributed by atoms with Gasteiger partial charge in [-0.15, -0.1) is 0 Å². The van der Waals surface area contributed by atoms with Crippen LogP contribution in [0.25, 0.3) is 0 Å². The molecule has 1 aliphatic rings. The van der Waals surface area contributed by atoms with Crippen LogP contribution in [0.4, 0.5) is 0 Å². The highest BCUT2D eigenvalue weighted by Gasteiger charge is 2.44. The fraction of sp³-hybridized carbons (Fsp3) is 0.529. The molecule has 1 aliphatic heterocycles. The molecule has 0 bridgehead atoms. The number of hydrogen-bond donors (Lipinski definition) is 1. The quantitative estimate of drug-likeness (QED) is 0.923. The Morgan fingerprint density at radius 2 is 1.81 bits per heavy atom. The zero-order chi connectivity index (χ0) is 15.6. The Morgan fingerprint density at radius 1 is 1.19 bits per heavy atom. The van der Waals surface area contributed by atoms with Gasteiger partial charge in [-0.05, 0) is 24.3 Å². The number of benzene rings is 1. The maximum Gasteiger partial charge on any atom is 0.253 e. The van der Waals surface area contributed by atoms with E-state index in [-0.39, 0.29) is 18.4 Å². The topological polar surface area (TPSA) is 49.4 Å². The van der Waals surface area contributed by atoms with Crippen LogP contribution >= 0.6 is 0 Å². The first-order valence-electron chi connectivity index (χ1n) is 7.50. The van der Waals surface area contributed by atoms with E-state index >= 15 is 0 Å². The number of carbonyl (C=O) groups excluding carboxylic acids is 2. The molecule has 1 aromatic carbocycles. The minimum absolute atomic E-state index is 0.0270. The summed E-state index contributed by atoms with van der Waals surface area (Å²) in [6.45, 7) is 8.94. The van der Waals surface area contributed by atoms with Crippen molar-refractivity contribution in [2.45, 2.75) is 33.2 Å². The lowest BCUT2D eigenvalue weighted by atomic mass is 9.87. The Bertz CT molecular complexity index is 527. The lowest BCUT2D eigenvalue weighted by molar-refractivity contribution is -0.150. The summed E-state index contributed by atoms with van der Waals surface area (Å²) in [5.41, 5.74) is -0.141. The maximum absolute atomic E-state index is 12.9. The molecule has 1 heterocycles. The summed E-state index contributed by atoms with van der Waals surface area (Å²) in [5.74, 6) is 0.711. The highest BCUT2D eigenvalue weighted by Crippen LogP contribution is 2.27. The van der Waals surface area contributed by atoms with E-state index in [4.69, 9.17) is 0 Å². The average Bonchev–Trinajstić information content (AvgIpc) is 2.45. The number of piperazine rings is 1. The van der Waals surface area contributed by atoms with E-state index < -0.39 is 5.54 Å². The van der Waals surface area contributed by atoms with Crippen LogP contribution in [0.15, 0.2) is 30.3 Å². The van der Waals surface area contributed by atoms with Gasteiger partial charge in [0.15, 0.2) is 0 Å². The van der Waals surface area contributed by atoms with Crippen molar-refractivity contribution in [1.29, 1.82) is 0 Å². The van der Waals surface area contributed by atoms with E-state index in [9.17, 15) is 9.59 Å². The molecule has 4 nitrogen and oxygen atoms in total. The van der Waals surface area contributed by atoms with Gasteiger partial charge in [-0.2, -0.15) is 0 Å². The summed E-state index contributed by atoms with van der Waals surface area (Å²) in [4.78, 5) is 26.6. The van der Waals surface area contributed by atoms with Gasteiger partial charge in [0.25, 0.3) is 5.91 Å². The minimum Gasteiger partial charge on any atom is -0.337 e. The van der Waals surface area contributed by atoms with Gasteiger partial charge >= 0.3 is 0 Å². The van der Waals surface area contributed by atoms with Crippen molar-refractivity contribution >= 4 is 11.8 Å². The lowest BCUT2D eigenvalue weighted by Crippen LogP contribution is -2.63. The molecule has 21 heavy (non-hydrogen) atoms. The van der Waals surface area contributed by atoms with Gasteiger partial charge in [0.2, 0.25) is 5.91 Å². The molecular formula is C17H24N2O2. The van der Waals surface area contributed by atoms with Gasteiger partial charge < -0.3 is 10.2 Å². The monoisotopic (exact) mass is 288 g/mol. The van der Waals surface area contributed by atoms with E-state index in [0.29, 0.717) is 18.4 Å². The van der Waals surface area contributed by atoms with E-state index in [1.54, 1.807) is 11.8 Å². The Hall–Kier alpha value is -1.84. The number of amides is 2. The van der Waals surface area contributed by atoms with Gasteiger partial charge in [-0.1, -0.05) is 51.1 Å². The normalized spacial score (nSPS) is 24.1. The molecule has 4 heteroatoms. The van der Waals surface area contributed by atoms with Crippen molar-refractivity contribution in [3.05, 3.63) is 35.9 Å². The Labute approximate surface area is 126 Å². The molecular weight excluding hydrogens is 264 g/mol. The Kier molecular flexibility index (Phi) is 4.35. The summed E-state index contributed by atoms with van der Waals surface area (Å²) < 4.78 is 0. The maximum atomic E-state index is 12.9. The molecule has 114 valence electrons. The number of hydrogen-bond acceptors (Lipinski definition) is 2. The lowest BCUT2D eigenvalue weighted by Gasteiger charge is -2.41. The highest BCUT2D eigenvalue weighted by molar-refractivity contribution is 5.98. The average molecular weight is 288 g/mol. The predicted octanol–water partition coefficient (Wildman–Crippen LogP) is 2.15. The summed E-state index contributed by atoms with van der Waals surface area (Å²) in [6.07, 6.45) is 0. The van der Waals surface area contributed by atoms with Crippen LogP contribution in [0, 0.1) is 11.8 Å². The molecule has 1 aromatic rings. The molecule has 1 N–H and O–H groups in total. The summed E-state index contributed by atoms with van der Waals surface area (Å²) in [6, 6.07) is 9.44. The summed E-state index contributed by atoms with van der Waals surface area (Å²) >= 11 is 0. The zero-order valence-corrected chi connectivity index (χ0v) is 13.2. The molecule has 0 aromatic heterocycles. The van der Waals surface area contributed by atoms with Gasteiger partial charge in [0, 0.05) is 6.54 Å². The Morgan fingerprint density at radius 3 is 2.38 bits per heavy atom. The first-order valence-corrected chi connectivity index (χ1v) is 7.50.